The predicted molar refractivity (Wildman–Crippen MR) is 80.8 cm³/mol. The molecule has 21 heavy (non-hydrogen) atoms. The van der Waals surface area contributed by atoms with E-state index in [1.54, 1.807) is 4.90 Å². The number of nitrogens with zero attached hydrogens (tertiary/aromatic N) is 1. The van der Waals surface area contributed by atoms with Gasteiger partial charge in [-0.05, 0) is 31.7 Å². The number of methoxy groups -OCH3 is 1. The molecular formula is C17H23NO3. The summed E-state index contributed by atoms with van der Waals surface area (Å²) in [5, 5.41) is 0. The minimum atomic E-state index is -0.203. The highest BCUT2D eigenvalue weighted by atomic mass is 16.5. The van der Waals surface area contributed by atoms with Crippen LogP contribution in [0.3, 0.4) is 0 Å². The van der Waals surface area contributed by atoms with Gasteiger partial charge in [0.1, 0.15) is 0 Å². The number of piperidine rings is 1. The van der Waals surface area contributed by atoms with Gasteiger partial charge in [0.15, 0.2) is 0 Å². The number of ether oxygens (including phenoxy) is 1. The van der Waals surface area contributed by atoms with Crippen molar-refractivity contribution in [3.63, 3.8) is 0 Å². The number of hydrogen-bond acceptors (Lipinski definition) is 3. The van der Waals surface area contributed by atoms with E-state index in [9.17, 15) is 9.59 Å². The van der Waals surface area contributed by atoms with Gasteiger partial charge in [0.25, 0.3) is 0 Å². The van der Waals surface area contributed by atoms with Gasteiger partial charge in [-0.1, -0.05) is 29.8 Å². The van der Waals surface area contributed by atoms with E-state index in [4.69, 9.17) is 4.74 Å². The third-order valence-electron chi connectivity index (χ3n) is 4.02. The standard InChI is InChI=1S/C17H23NO3/c1-13-5-3-6-14(11-13)8-9-16(19)18-10-4-7-15(12-18)17(20)21-2/h3,5-6,11,15H,4,7-10,12H2,1-2H3. The Bertz CT molecular complexity index is 513. The summed E-state index contributed by atoms with van der Waals surface area (Å²) in [6, 6.07) is 8.23. The maximum atomic E-state index is 12.3. The van der Waals surface area contributed by atoms with Gasteiger partial charge in [-0.15, -0.1) is 0 Å². The van der Waals surface area contributed by atoms with Crippen molar-refractivity contribution in [3.8, 4) is 0 Å². The first-order chi connectivity index (χ1) is 10.1. The molecule has 1 atom stereocenters. The van der Waals surface area contributed by atoms with E-state index in [1.165, 1.54) is 18.2 Å². The van der Waals surface area contributed by atoms with E-state index >= 15 is 0 Å². The van der Waals surface area contributed by atoms with E-state index in [0.29, 0.717) is 13.0 Å². The highest BCUT2D eigenvalue weighted by Gasteiger charge is 2.28. The molecule has 1 fully saturated rings. The van der Waals surface area contributed by atoms with E-state index in [1.807, 2.05) is 12.1 Å². The first-order valence-electron chi connectivity index (χ1n) is 7.51. The summed E-state index contributed by atoms with van der Waals surface area (Å²) in [5.41, 5.74) is 2.40. The Hall–Kier alpha value is -1.84. The maximum Gasteiger partial charge on any atom is 0.310 e. The smallest absolute Gasteiger partial charge is 0.310 e. The summed E-state index contributed by atoms with van der Waals surface area (Å²) in [5.74, 6) is -0.233. The van der Waals surface area contributed by atoms with Gasteiger partial charge in [-0.3, -0.25) is 9.59 Å². The lowest BCUT2D eigenvalue weighted by Gasteiger charge is -2.31. The summed E-state index contributed by atoms with van der Waals surface area (Å²) in [7, 11) is 1.40. The Kier molecular flexibility index (Phi) is 5.37. The van der Waals surface area contributed by atoms with Crippen LogP contribution in [0.25, 0.3) is 0 Å². The lowest BCUT2D eigenvalue weighted by Crippen LogP contribution is -2.42. The number of hydrogen-bond donors (Lipinski definition) is 0. The van der Waals surface area contributed by atoms with Crippen LogP contribution < -0.4 is 0 Å². The number of amides is 1. The molecule has 1 saturated heterocycles. The van der Waals surface area contributed by atoms with Gasteiger partial charge >= 0.3 is 5.97 Å². The van der Waals surface area contributed by atoms with Crippen molar-refractivity contribution in [1.82, 2.24) is 4.90 Å². The van der Waals surface area contributed by atoms with Crippen LogP contribution in [0.5, 0.6) is 0 Å². The number of likely N-dealkylation sites (tertiary alicyclic amines) is 1. The van der Waals surface area contributed by atoms with Gasteiger partial charge in [0, 0.05) is 19.5 Å². The first-order valence-corrected chi connectivity index (χ1v) is 7.51. The molecule has 1 aromatic carbocycles. The Balaban J connectivity index is 1.86. The third-order valence-corrected chi connectivity index (χ3v) is 4.02. The summed E-state index contributed by atoms with van der Waals surface area (Å²) >= 11 is 0. The predicted octanol–water partition coefficient (Wildman–Crippen LogP) is 2.34. The lowest BCUT2D eigenvalue weighted by atomic mass is 9.97. The molecular weight excluding hydrogens is 266 g/mol. The van der Waals surface area contributed by atoms with Crippen molar-refractivity contribution < 1.29 is 14.3 Å². The van der Waals surface area contributed by atoms with Crippen molar-refractivity contribution in [2.24, 2.45) is 5.92 Å². The zero-order valence-corrected chi connectivity index (χ0v) is 12.8. The number of carbonyl (C=O) groups excluding carboxylic acids is 2. The van der Waals surface area contributed by atoms with Crippen LogP contribution in [0.15, 0.2) is 24.3 Å². The Morgan fingerprint density at radius 1 is 1.38 bits per heavy atom. The quantitative estimate of drug-likeness (QED) is 0.799. The summed E-state index contributed by atoms with van der Waals surface area (Å²) in [4.78, 5) is 25.7. The van der Waals surface area contributed by atoms with E-state index in [0.717, 1.165) is 25.8 Å². The Morgan fingerprint density at radius 2 is 2.19 bits per heavy atom. The molecule has 0 N–H and O–H groups in total. The summed E-state index contributed by atoms with van der Waals surface area (Å²) in [6.45, 7) is 3.30. The van der Waals surface area contributed by atoms with Crippen LogP contribution in [0.4, 0.5) is 0 Å². The largest absolute Gasteiger partial charge is 0.469 e. The minimum absolute atomic E-state index is 0.130. The van der Waals surface area contributed by atoms with Crippen LogP contribution >= 0.6 is 0 Å². The molecule has 0 saturated carbocycles. The minimum Gasteiger partial charge on any atom is -0.469 e. The molecule has 1 heterocycles. The summed E-state index contributed by atoms with van der Waals surface area (Å²) < 4.78 is 4.78. The Morgan fingerprint density at radius 3 is 2.90 bits per heavy atom. The molecule has 1 aromatic rings. The summed E-state index contributed by atoms with van der Waals surface area (Å²) in [6.07, 6.45) is 2.93. The van der Waals surface area contributed by atoms with Gasteiger partial charge in [-0.2, -0.15) is 0 Å². The van der Waals surface area contributed by atoms with E-state index < -0.39 is 0 Å². The Labute approximate surface area is 126 Å². The van der Waals surface area contributed by atoms with Crippen molar-refractivity contribution in [2.45, 2.75) is 32.6 Å². The second-order valence-corrected chi connectivity index (χ2v) is 5.69. The van der Waals surface area contributed by atoms with Crippen molar-refractivity contribution in [2.75, 3.05) is 20.2 Å². The van der Waals surface area contributed by atoms with Crippen LogP contribution in [0.1, 0.15) is 30.4 Å². The van der Waals surface area contributed by atoms with Gasteiger partial charge in [0.05, 0.1) is 13.0 Å². The molecule has 1 amide bonds. The molecule has 0 aliphatic carbocycles. The molecule has 1 aliphatic heterocycles. The molecule has 4 nitrogen and oxygen atoms in total. The maximum absolute atomic E-state index is 12.3. The second-order valence-electron chi connectivity index (χ2n) is 5.69. The van der Waals surface area contributed by atoms with Gasteiger partial charge in [0.2, 0.25) is 5.91 Å². The molecule has 4 heteroatoms. The van der Waals surface area contributed by atoms with Gasteiger partial charge in [-0.25, -0.2) is 0 Å². The molecule has 0 bridgehead atoms. The molecule has 0 aromatic heterocycles. The highest BCUT2D eigenvalue weighted by molar-refractivity contribution is 5.78. The fourth-order valence-corrected chi connectivity index (χ4v) is 2.84. The lowest BCUT2D eigenvalue weighted by molar-refractivity contribution is -0.149. The molecule has 114 valence electrons. The molecule has 1 unspecified atom stereocenters. The third kappa shape index (κ3) is 4.31. The first kappa shape index (κ1) is 15.5. The number of esters is 1. The molecule has 1 aliphatic rings. The fourth-order valence-electron chi connectivity index (χ4n) is 2.84. The molecule has 2 rings (SSSR count). The SMILES string of the molecule is COC(=O)C1CCCN(C(=O)CCc2cccc(C)c2)C1. The van der Waals surface area contributed by atoms with Crippen molar-refractivity contribution in [3.05, 3.63) is 35.4 Å². The van der Waals surface area contributed by atoms with Crippen LogP contribution in [-0.4, -0.2) is 37.0 Å². The topological polar surface area (TPSA) is 46.6 Å². The number of carbonyl (C=O) groups is 2. The van der Waals surface area contributed by atoms with Crippen LogP contribution in [0.2, 0.25) is 0 Å². The average molecular weight is 289 g/mol. The zero-order valence-electron chi connectivity index (χ0n) is 12.8. The normalized spacial score (nSPS) is 18.4. The number of aryl methyl sites for hydroxylation is 2. The number of rotatable bonds is 4. The van der Waals surface area contributed by atoms with Crippen molar-refractivity contribution in [1.29, 1.82) is 0 Å². The monoisotopic (exact) mass is 289 g/mol. The van der Waals surface area contributed by atoms with Gasteiger partial charge < -0.3 is 9.64 Å². The second kappa shape index (κ2) is 7.25. The average Bonchev–Trinajstić information content (AvgIpc) is 2.52. The zero-order chi connectivity index (χ0) is 15.2. The van der Waals surface area contributed by atoms with Crippen molar-refractivity contribution >= 4 is 11.9 Å². The van der Waals surface area contributed by atoms with Crippen LogP contribution in [0, 0.1) is 12.8 Å². The highest BCUT2D eigenvalue weighted by Crippen LogP contribution is 2.19. The number of benzene rings is 1. The van der Waals surface area contributed by atoms with Crippen LogP contribution in [-0.2, 0) is 20.7 Å². The fraction of sp³-hybridized carbons (Fsp3) is 0.529. The molecule has 0 spiro atoms. The molecule has 0 radical (unpaired) electrons. The van der Waals surface area contributed by atoms with E-state index in [-0.39, 0.29) is 17.8 Å². The van der Waals surface area contributed by atoms with E-state index in [2.05, 4.69) is 19.1 Å².